The Morgan fingerprint density at radius 2 is 1.92 bits per heavy atom. The molecule has 6 heteroatoms. The molecule has 24 heavy (non-hydrogen) atoms. The minimum atomic E-state index is -0.112. The highest BCUT2D eigenvalue weighted by atomic mass is 35.5. The Balaban J connectivity index is 1.90. The summed E-state index contributed by atoms with van der Waals surface area (Å²) in [6, 6.07) is 3.70. The van der Waals surface area contributed by atoms with E-state index in [0.717, 1.165) is 24.8 Å². The Kier molecular flexibility index (Phi) is 6.87. The molecule has 0 N–H and O–H groups in total. The van der Waals surface area contributed by atoms with Crippen molar-refractivity contribution >= 4 is 23.3 Å². The quantitative estimate of drug-likeness (QED) is 0.738. The molecule has 0 spiro atoms. The van der Waals surface area contributed by atoms with Crippen molar-refractivity contribution in [3.8, 4) is 0 Å². The smallest absolute Gasteiger partial charge is 0.256 e. The van der Waals surface area contributed by atoms with E-state index in [1.165, 1.54) is 37.1 Å². The molecule has 1 aromatic rings. The fourth-order valence-electron chi connectivity index (χ4n) is 3.15. The first-order valence-corrected chi connectivity index (χ1v) is 9.04. The average Bonchev–Trinajstić information content (AvgIpc) is 2.54. The largest absolute Gasteiger partial charge is 0.357 e. The number of halogens is 1. The molecule has 0 atom stereocenters. The zero-order valence-electron chi connectivity index (χ0n) is 15.3. The zero-order valence-corrected chi connectivity index (χ0v) is 16.0. The van der Waals surface area contributed by atoms with Gasteiger partial charge in [-0.15, -0.1) is 0 Å². The maximum atomic E-state index is 12.0. The molecule has 0 unspecified atom stereocenters. The molecule has 1 aromatic heterocycles. The predicted octanol–water partition coefficient (Wildman–Crippen LogP) is 3.00. The third kappa shape index (κ3) is 5.08. The molecule has 1 fully saturated rings. The van der Waals surface area contributed by atoms with Crippen molar-refractivity contribution in [2.24, 2.45) is 5.92 Å². The Hall–Kier alpha value is -1.33. The lowest BCUT2D eigenvalue weighted by Gasteiger charge is -2.33. The molecule has 1 aliphatic heterocycles. The fourth-order valence-corrected chi connectivity index (χ4v) is 3.38. The number of carbonyl (C=O) groups excluding carboxylic acids is 1. The summed E-state index contributed by atoms with van der Waals surface area (Å²) in [7, 11) is 7.69. The van der Waals surface area contributed by atoms with Gasteiger partial charge in [-0.1, -0.05) is 11.6 Å². The monoisotopic (exact) mass is 352 g/mol. The first-order chi connectivity index (χ1) is 11.4. The van der Waals surface area contributed by atoms with Crippen LogP contribution in [0.4, 0.5) is 5.82 Å². The van der Waals surface area contributed by atoms with E-state index in [1.54, 1.807) is 20.2 Å². The van der Waals surface area contributed by atoms with E-state index in [-0.39, 0.29) is 5.91 Å². The highest BCUT2D eigenvalue weighted by Gasteiger charge is 2.21. The van der Waals surface area contributed by atoms with Gasteiger partial charge in [0, 0.05) is 27.2 Å². The van der Waals surface area contributed by atoms with Crippen LogP contribution in [0, 0.1) is 5.92 Å². The van der Waals surface area contributed by atoms with Crippen LogP contribution in [0.25, 0.3) is 0 Å². The molecule has 5 nitrogen and oxygen atoms in total. The molecule has 1 amide bonds. The average molecular weight is 353 g/mol. The SMILES string of the molecule is CN(C)CCCC1CCN(c2ccc(C(=O)N(C)C)c(Cl)n2)CC1. The first-order valence-electron chi connectivity index (χ1n) is 8.66. The Morgan fingerprint density at radius 1 is 1.25 bits per heavy atom. The topological polar surface area (TPSA) is 39.7 Å². The van der Waals surface area contributed by atoms with Gasteiger partial charge in [0.2, 0.25) is 0 Å². The summed E-state index contributed by atoms with van der Waals surface area (Å²) >= 11 is 6.22. The molecule has 0 bridgehead atoms. The summed E-state index contributed by atoms with van der Waals surface area (Å²) in [4.78, 5) is 22.5. The van der Waals surface area contributed by atoms with Gasteiger partial charge < -0.3 is 14.7 Å². The fraction of sp³-hybridized carbons (Fsp3) is 0.667. The minimum absolute atomic E-state index is 0.112. The summed E-state index contributed by atoms with van der Waals surface area (Å²) in [6.45, 7) is 3.19. The Labute approximate surface area is 150 Å². The zero-order chi connectivity index (χ0) is 17.7. The van der Waals surface area contributed by atoms with Crippen molar-refractivity contribution in [1.29, 1.82) is 0 Å². The number of carbonyl (C=O) groups is 1. The lowest BCUT2D eigenvalue weighted by Crippen LogP contribution is -2.34. The number of nitrogens with zero attached hydrogens (tertiary/aromatic N) is 4. The first kappa shape index (κ1) is 19.0. The van der Waals surface area contributed by atoms with Crippen LogP contribution in [-0.2, 0) is 0 Å². The van der Waals surface area contributed by atoms with Crippen molar-refractivity contribution in [2.75, 3.05) is 52.7 Å². The van der Waals surface area contributed by atoms with Crippen LogP contribution in [0.15, 0.2) is 12.1 Å². The van der Waals surface area contributed by atoms with E-state index in [1.807, 2.05) is 6.07 Å². The van der Waals surface area contributed by atoms with Crippen LogP contribution in [0.1, 0.15) is 36.0 Å². The highest BCUT2D eigenvalue weighted by molar-refractivity contribution is 6.32. The molecular formula is C18H29ClN4O. The standard InChI is InChI=1S/C18H29ClN4O/c1-21(2)11-5-6-14-9-12-23(13-10-14)16-8-7-15(17(19)20-16)18(24)22(3)4/h7-8,14H,5-6,9-13H2,1-4H3. The van der Waals surface area contributed by atoms with E-state index in [9.17, 15) is 4.79 Å². The van der Waals surface area contributed by atoms with Gasteiger partial charge in [-0.2, -0.15) is 0 Å². The van der Waals surface area contributed by atoms with Gasteiger partial charge in [0.05, 0.1) is 5.56 Å². The number of pyridine rings is 1. The summed E-state index contributed by atoms with van der Waals surface area (Å²) in [5.74, 6) is 1.58. The second kappa shape index (κ2) is 8.67. The van der Waals surface area contributed by atoms with E-state index in [0.29, 0.717) is 10.7 Å². The third-order valence-corrected chi connectivity index (χ3v) is 4.91. The molecule has 1 aliphatic rings. The molecule has 2 heterocycles. The number of hydrogen-bond acceptors (Lipinski definition) is 4. The Morgan fingerprint density at radius 3 is 2.46 bits per heavy atom. The molecule has 2 rings (SSSR count). The van der Waals surface area contributed by atoms with Gasteiger partial charge in [0.15, 0.2) is 0 Å². The number of amides is 1. The summed E-state index contributed by atoms with van der Waals surface area (Å²) in [5, 5.41) is 0.291. The molecule has 1 saturated heterocycles. The summed E-state index contributed by atoms with van der Waals surface area (Å²) in [6.07, 6.45) is 4.97. The number of piperidine rings is 1. The van der Waals surface area contributed by atoms with Gasteiger partial charge in [0.1, 0.15) is 11.0 Å². The van der Waals surface area contributed by atoms with E-state index in [4.69, 9.17) is 11.6 Å². The summed E-state index contributed by atoms with van der Waals surface area (Å²) < 4.78 is 0. The van der Waals surface area contributed by atoms with Crippen LogP contribution in [0.5, 0.6) is 0 Å². The van der Waals surface area contributed by atoms with Crippen LogP contribution in [-0.4, -0.2) is 68.5 Å². The van der Waals surface area contributed by atoms with Crippen molar-refractivity contribution < 1.29 is 4.79 Å². The van der Waals surface area contributed by atoms with E-state index < -0.39 is 0 Å². The van der Waals surface area contributed by atoms with Crippen LogP contribution >= 0.6 is 11.6 Å². The molecule has 0 aliphatic carbocycles. The third-order valence-electron chi connectivity index (χ3n) is 4.63. The molecule has 0 radical (unpaired) electrons. The minimum Gasteiger partial charge on any atom is -0.357 e. The lowest BCUT2D eigenvalue weighted by atomic mass is 9.92. The second-order valence-corrected chi connectivity index (χ2v) is 7.44. The van der Waals surface area contributed by atoms with Crippen molar-refractivity contribution in [2.45, 2.75) is 25.7 Å². The number of rotatable bonds is 6. The van der Waals surface area contributed by atoms with Gasteiger partial charge in [-0.3, -0.25) is 4.79 Å². The van der Waals surface area contributed by atoms with E-state index >= 15 is 0 Å². The second-order valence-electron chi connectivity index (χ2n) is 7.08. The molecule has 0 saturated carbocycles. The molecular weight excluding hydrogens is 324 g/mol. The predicted molar refractivity (Wildman–Crippen MR) is 100.0 cm³/mol. The van der Waals surface area contributed by atoms with Crippen molar-refractivity contribution in [1.82, 2.24) is 14.8 Å². The number of hydrogen-bond donors (Lipinski definition) is 0. The molecule has 0 aromatic carbocycles. The van der Waals surface area contributed by atoms with E-state index in [2.05, 4.69) is 28.9 Å². The Bertz CT molecular complexity index is 554. The van der Waals surface area contributed by atoms with Gasteiger partial charge in [-0.25, -0.2) is 4.98 Å². The highest BCUT2D eigenvalue weighted by Crippen LogP contribution is 2.27. The maximum absolute atomic E-state index is 12.0. The number of aromatic nitrogens is 1. The van der Waals surface area contributed by atoms with Crippen molar-refractivity contribution in [3.05, 3.63) is 22.8 Å². The van der Waals surface area contributed by atoms with Gasteiger partial charge in [0.25, 0.3) is 5.91 Å². The maximum Gasteiger partial charge on any atom is 0.256 e. The van der Waals surface area contributed by atoms with Crippen LogP contribution in [0.2, 0.25) is 5.15 Å². The van der Waals surface area contributed by atoms with Crippen LogP contribution in [0.3, 0.4) is 0 Å². The normalized spacial score (nSPS) is 15.8. The van der Waals surface area contributed by atoms with Gasteiger partial charge >= 0.3 is 0 Å². The van der Waals surface area contributed by atoms with Crippen LogP contribution < -0.4 is 4.90 Å². The summed E-state index contributed by atoms with van der Waals surface area (Å²) in [5.41, 5.74) is 0.462. The van der Waals surface area contributed by atoms with Gasteiger partial charge in [-0.05, 0) is 64.4 Å². The van der Waals surface area contributed by atoms with Crippen molar-refractivity contribution in [3.63, 3.8) is 0 Å². The number of anilines is 1. The molecule has 134 valence electrons. The lowest BCUT2D eigenvalue weighted by molar-refractivity contribution is 0.0827.